The van der Waals surface area contributed by atoms with Crippen molar-refractivity contribution in [3.63, 3.8) is 0 Å². The molecule has 3 aromatic rings. The van der Waals surface area contributed by atoms with E-state index in [1.54, 1.807) is 12.1 Å². The van der Waals surface area contributed by atoms with Gasteiger partial charge in [0.25, 0.3) is 0 Å². The fraction of sp³-hybridized carbons (Fsp3) is 0.280. The van der Waals surface area contributed by atoms with Gasteiger partial charge in [0.15, 0.2) is 5.78 Å². The number of hydrogen-bond acceptors (Lipinski definition) is 6. The number of rotatable bonds is 4. The zero-order valence-corrected chi connectivity index (χ0v) is 17.5. The number of ketones is 1. The summed E-state index contributed by atoms with van der Waals surface area (Å²) in [5.41, 5.74) is 5.42. The minimum atomic E-state index is -0.221. The van der Waals surface area contributed by atoms with Crippen LogP contribution in [0.3, 0.4) is 0 Å². The lowest BCUT2D eigenvalue weighted by Gasteiger charge is -2.34. The Bertz CT molecular complexity index is 1160. The molecule has 158 valence electrons. The van der Waals surface area contributed by atoms with Crippen molar-refractivity contribution in [1.29, 1.82) is 0 Å². The minimum Gasteiger partial charge on any atom is -0.508 e. The first kappa shape index (κ1) is 19.4. The number of ether oxygens (including phenoxy) is 1. The van der Waals surface area contributed by atoms with E-state index in [0.29, 0.717) is 25.3 Å². The molecule has 0 spiro atoms. The van der Waals surface area contributed by atoms with Crippen LogP contribution in [0.4, 0.5) is 5.88 Å². The number of aryl methyl sites for hydroxylation is 1. The molecule has 2 aliphatic rings. The molecule has 0 unspecified atom stereocenters. The van der Waals surface area contributed by atoms with Crippen LogP contribution in [-0.2, 0) is 4.79 Å². The number of anilines is 1. The third kappa shape index (κ3) is 3.38. The second-order valence-electron chi connectivity index (χ2n) is 8.08. The van der Waals surface area contributed by atoms with E-state index in [9.17, 15) is 9.90 Å². The van der Waals surface area contributed by atoms with Crippen LogP contribution < -0.4 is 10.1 Å². The summed E-state index contributed by atoms with van der Waals surface area (Å²) >= 11 is 0. The number of hydrogen-bond donors (Lipinski definition) is 2. The molecular formula is C25H24N2O4. The molecule has 0 amide bonds. The second-order valence-corrected chi connectivity index (χ2v) is 8.08. The van der Waals surface area contributed by atoms with E-state index in [1.807, 2.05) is 50.2 Å². The van der Waals surface area contributed by atoms with Crippen molar-refractivity contribution >= 4 is 11.7 Å². The summed E-state index contributed by atoms with van der Waals surface area (Å²) < 4.78 is 11.2. The van der Waals surface area contributed by atoms with E-state index in [4.69, 9.17) is 9.26 Å². The van der Waals surface area contributed by atoms with E-state index in [-0.39, 0.29) is 23.4 Å². The minimum absolute atomic E-state index is 0.0471. The van der Waals surface area contributed by atoms with E-state index < -0.39 is 0 Å². The molecule has 2 heterocycles. The lowest BCUT2D eigenvalue weighted by Crippen LogP contribution is -2.29. The summed E-state index contributed by atoms with van der Waals surface area (Å²) in [5.74, 6) is 1.58. The number of aromatic hydroxyl groups is 1. The van der Waals surface area contributed by atoms with Crippen molar-refractivity contribution in [3.8, 4) is 11.5 Å². The normalized spacial score (nSPS) is 20.1. The van der Waals surface area contributed by atoms with E-state index in [2.05, 4.69) is 10.5 Å². The monoisotopic (exact) mass is 416 g/mol. The predicted octanol–water partition coefficient (Wildman–Crippen LogP) is 5.05. The Balaban J connectivity index is 1.57. The van der Waals surface area contributed by atoms with Gasteiger partial charge in [-0.1, -0.05) is 29.4 Å². The van der Waals surface area contributed by atoms with Crippen LogP contribution in [0.5, 0.6) is 11.5 Å². The van der Waals surface area contributed by atoms with Crippen molar-refractivity contribution in [2.24, 2.45) is 0 Å². The number of Topliss-reactive ketones (excluding diaryl/α,β-unsaturated/α-hetero) is 1. The molecule has 0 fully saturated rings. The van der Waals surface area contributed by atoms with Gasteiger partial charge in [-0.15, -0.1) is 0 Å². The molecule has 2 atom stereocenters. The Kier molecular flexibility index (Phi) is 4.77. The number of fused-ring (bicyclic) bond motifs is 1. The summed E-state index contributed by atoms with van der Waals surface area (Å²) in [6.45, 7) is 4.47. The van der Waals surface area contributed by atoms with Crippen LogP contribution in [0.15, 0.2) is 64.3 Å². The molecule has 1 aromatic heterocycles. The van der Waals surface area contributed by atoms with Gasteiger partial charge in [-0.05, 0) is 61.6 Å². The summed E-state index contributed by atoms with van der Waals surface area (Å²) in [6.07, 6.45) is 1.12. The maximum atomic E-state index is 13.5. The van der Waals surface area contributed by atoms with E-state index in [0.717, 1.165) is 39.4 Å². The predicted molar refractivity (Wildman–Crippen MR) is 116 cm³/mol. The molecule has 6 nitrogen and oxygen atoms in total. The van der Waals surface area contributed by atoms with Crippen LogP contribution in [0.25, 0.3) is 0 Å². The van der Waals surface area contributed by atoms with Gasteiger partial charge in [0, 0.05) is 23.6 Å². The van der Waals surface area contributed by atoms with E-state index in [1.165, 1.54) is 0 Å². The molecule has 0 saturated carbocycles. The van der Waals surface area contributed by atoms with Gasteiger partial charge in [-0.25, -0.2) is 0 Å². The summed E-state index contributed by atoms with van der Waals surface area (Å²) in [4.78, 5) is 13.5. The van der Waals surface area contributed by atoms with Crippen molar-refractivity contribution in [3.05, 3.63) is 82.2 Å². The van der Waals surface area contributed by atoms with Crippen LogP contribution in [0.2, 0.25) is 0 Å². The highest BCUT2D eigenvalue weighted by Crippen LogP contribution is 2.49. The molecule has 1 aliphatic carbocycles. The van der Waals surface area contributed by atoms with Gasteiger partial charge in [0.1, 0.15) is 11.5 Å². The number of aromatic nitrogens is 1. The fourth-order valence-corrected chi connectivity index (χ4v) is 4.71. The first-order valence-corrected chi connectivity index (χ1v) is 10.6. The average Bonchev–Trinajstić information content (AvgIpc) is 3.14. The SMILES string of the molecule is CCOc1ccc([C@H]2C3=C(C[C@@H](c4ccc(O)cc4)CC3=O)Nc3onc(C)c32)cc1. The van der Waals surface area contributed by atoms with Gasteiger partial charge >= 0.3 is 0 Å². The number of nitrogens with one attached hydrogen (secondary N) is 1. The zero-order chi connectivity index (χ0) is 21.5. The molecule has 0 radical (unpaired) electrons. The number of benzene rings is 2. The number of carbonyl (C=O) groups is 1. The first-order valence-electron chi connectivity index (χ1n) is 10.6. The molecule has 31 heavy (non-hydrogen) atoms. The molecule has 0 bridgehead atoms. The third-order valence-corrected chi connectivity index (χ3v) is 6.15. The Hall–Kier alpha value is -3.54. The highest BCUT2D eigenvalue weighted by molar-refractivity contribution is 6.01. The Labute approximate surface area is 180 Å². The fourth-order valence-electron chi connectivity index (χ4n) is 4.71. The molecule has 2 aromatic carbocycles. The Morgan fingerprint density at radius 1 is 1.10 bits per heavy atom. The number of allylic oxidation sites excluding steroid dienone is 2. The van der Waals surface area contributed by atoms with Crippen LogP contribution in [-0.4, -0.2) is 22.7 Å². The summed E-state index contributed by atoms with van der Waals surface area (Å²) in [6, 6.07) is 15.0. The Morgan fingerprint density at radius 3 is 2.52 bits per heavy atom. The third-order valence-electron chi connectivity index (χ3n) is 6.15. The first-order chi connectivity index (χ1) is 15.0. The maximum absolute atomic E-state index is 13.5. The van der Waals surface area contributed by atoms with Gasteiger partial charge in [0.2, 0.25) is 5.88 Å². The van der Waals surface area contributed by atoms with Crippen LogP contribution in [0, 0.1) is 6.92 Å². The topological polar surface area (TPSA) is 84.6 Å². The highest BCUT2D eigenvalue weighted by atomic mass is 16.5. The summed E-state index contributed by atoms with van der Waals surface area (Å²) in [7, 11) is 0. The van der Waals surface area contributed by atoms with Gasteiger partial charge in [-0.2, -0.15) is 0 Å². The average molecular weight is 416 g/mol. The molecule has 5 rings (SSSR count). The largest absolute Gasteiger partial charge is 0.508 e. The van der Waals surface area contributed by atoms with Gasteiger partial charge in [-0.3, -0.25) is 4.79 Å². The maximum Gasteiger partial charge on any atom is 0.233 e. The number of nitrogens with zero attached hydrogens (tertiary/aromatic N) is 1. The zero-order valence-electron chi connectivity index (χ0n) is 17.5. The lowest BCUT2D eigenvalue weighted by atomic mass is 9.72. The highest BCUT2D eigenvalue weighted by Gasteiger charge is 2.41. The van der Waals surface area contributed by atoms with Crippen molar-refractivity contribution < 1.29 is 19.2 Å². The van der Waals surface area contributed by atoms with Crippen molar-refractivity contribution in [1.82, 2.24) is 5.16 Å². The molecule has 2 N–H and O–H groups in total. The van der Waals surface area contributed by atoms with E-state index >= 15 is 0 Å². The van der Waals surface area contributed by atoms with Gasteiger partial charge in [0.05, 0.1) is 17.9 Å². The molecule has 6 heteroatoms. The smallest absolute Gasteiger partial charge is 0.233 e. The Morgan fingerprint density at radius 2 is 1.81 bits per heavy atom. The molecule has 1 aliphatic heterocycles. The van der Waals surface area contributed by atoms with Gasteiger partial charge < -0.3 is 19.7 Å². The number of phenols is 1. The number of phenolic OH excluding ortho intramolecular Hbond substituents is 1. The van der Waals surface area contributed by atoms with Crippen molar-refractivity contribution in [2.45, 2.75) is 38.5 Å². The van der Waals surface area contributed by atoms with Crippen LogP contribution in [0.1, 0.15) is 54.0 Å². The molecular weight excluding hydrogens is 392 g/mol. The quantitative estimate of drug-likeness (QED) is 0.619. The second kappa shape index (κ2) is 7.61. The lowest BCUT2D eigenvalue weighted by molar-refractivity contribution is -0.116. The summed E-state index contributed by atoms with van der Waals surface area (Å²) in [5, 5.41) is 17.1. The van der Waals surface area contributed by atoms with Crippen LogP contribution >= 0.6 is 0 Å². The standard InChI is InChI=1S/C25H24N2O4/c1-3-30-19-10-6-16(7-11-19)23-22-14(2)27-31-25(22)26-20-12-17(13-21(29)24(20)23)15-4-8-18(28)9-5-15/h4-11,17,23,26,28H,3,12-13H2,1-2H3/t17-,23-/m1/s1. The molecule has 0 saturated heterocycles. The number of carbonyl (C=O) groups excluding carboxylic acids is 1. The van der Waals surface area contributed by atoms with Crippen molar-refractivity contribution in [2.75, 3.05) is 11.9 Å².